The third-order valence-corrected chi connectivity index (χ3v) is 3.64. The van der Waals surface area contributed by atoms with E-state index < -0.39 is 12.1 Å². The van der Waals surface area contributed by atoms with E-state index >= 15 is 0 Å². The maximum Gasteiger partial charge on any atom is 0.267 e. The molecule has 4 N–H and O–H groups in total. The van der Waals surface area contributed by atoms with Gasteiger partial charge >= 0.3 is 0 Å². The Kier molecular flexibility index (Phi) is 6.61. The first-order valence-corrected chi connectivity index (χ1v) is 7.51. The number of hydrogen-bond acceptors (Lipinski definition) is 4. The molecule has 0 heterocycles. The normalized spacial score (nSPS) is 14.9. The summed E-state index contributed by atoms with van der Waals surface area (Å²) in [5.74, 6) is -0.361. The van der Waals surface area contributed by atoms with Crippen molar-refractivity contribution in [2.45, 2.75) is 38.2 Å². The molecular weight excluding hydrogens is 272 g/mol. The van der Waals surface area contributed by atoms with Crippen molar-refractivity contribution >= 4 is 17.7 Å². The molecule has 0 spiro atoms. The third-order valence-electron chi connectivity index (χ3n) is 2.70. The van der Waals surface area contributed by atoms with E-state index in [1.54, 1.807) is 12.3 Å². The van der Waals surface area contributed by atoms with Gasteiger partial charge in [0.15, 0.2) is 0 Å². The van der Waals surface area contributed by atoms with E-state index in [1.807, 2.05) is 44.2 Å². The molecule has 0 fully saturated rings. The number of amides is 1. The predicted octanol–water partition coefficient (Wildman–Crippen LogP) is 2.17. The number of thioether (sulfide) groups is 1. The minimum Gasteiger partial charge on any atom is -0.394 e. The summed E-state index contributed by atoms with van der Waals surface area (Å²) in [6, 6.07) is 8.80. The van der Waals surface area contributed by atoms with E-state index in [4.69, 9.17) is 5.73 Å². The van der Waals surface area contributed by atoms with Crippen LogP contribution in [0.2, 0.25) is 0 Å². The number of carbonyl (C=O) groups is 1. The van der Waals surface area contributed by atoms with Crippen molar-refractivity contribution in [3.05, 3.63) is 47.0 Å². The van der Waals surface area contributed by atoms with Gasteiger partial charge in [0.05, 0.1) is 12.1 Å². The number of aliphatic hydroxyl groups is 1. The van der Waals surface area contributed by atoms with Gasteiger partial charge < -0.3 is 16.2 Å². The summed E-state index contributed by atoms with van der Waals surface area (Å²) in [4.78, 5) is 11.9. The van der Waals surface area contributed by atoms with Crippen molar-refractivity contribution in [2.75, 3.05) is 0 Å². The lowest BCUT2D eigenvalue weighted by molar-refractivity contribution is -0.118. The van der Waals surface area contributed by atoms with Gasteiger partial charge in [0, 0.05) is 5.25 Å². The van der Waals surface area contributed by atoms with Gasteiger partial charge in [-0.15, -0.1) is 11.8 Å². The Labute approximate surface area is 124 Å². The molecule has 2 atom stereocenters. The van der Waals surface area contributed by atoms with Crippen molar-refractivity contribution in [3.63, 3.8) is 0 Å². The van der Waals surface area contributed by atoms with Crippen LogP contribution in [0.5, 0.6) is 0 Å². The summed E-state index contributed by atoms with van der Waals surface area (Å²) in [6.45, 7) is 5.79. The number of carbonyl (C=O) groups excluding carboxylic acids is 1. The number of nitrogens with two attached hydrogens (primary N) is 1. The fourth-order valence-electron chi connectivity index (χ4n) is 1.57. The number of hydrogen-bond donors (Lipinski definition) is 3. The molecule has 0 bridgehead atoms. The first-order chi connectivity index (χ1) is 9.41. The molecule has 0 aliphatic carbocycles. The fraction of sp³-hybridized carbons (Fsp3) is 0.400. The fourth-order valence-corrected chi connectivity index (χ4v) is 2.10. The lowest BCUT2D eigenvalue weighted by Crippen LogP contribution is -2.39. The van der Waals surface area contributed by atoms with E-state index in [-0.39, 0.29) is 11.6 Å². The van der Waals surface area contributed by atoms with E-state index in [9.17, 15) is 9.90 Å². The molecule has 110 valence electrons. The summed E-state index contributed by atoms with van der Waals surface area (Å²) in [5, 5.41) is 14.9. The molecule has 1 amide bonds. The molecule has 0 saturated heterocycles. The van der Waals surface area contributed by atoms with Gasteiger partial charge in [0.2, 0.25) is 0 Å². The SMILES string of the molecule is CC(C)S/C=C(\N)C(=O)N[C@H](C)C(O)c1ccccc1. The minimum absolute atomic E-state index is 0.163. The molecule has 4 nitrogen and oxygen atoms in total. The van der Waals surface area contributed by atoms with Gasteiger partial charge in [-0.25, -0.2) is 0 Å². The third kappa shape index (κ3) is 5.27. The van der Waals surface area contributed by atoms with Crippen LogP contribution in [0.15, 0.2) is 41.4 Å². The lowest BCUT2D eigenvalue weighted by atomic mass is 10.0. The predicted molar refractivity (Wildman–Crippen MR) is 84.0 cm³/mol. The molecule has 0 aliphatic heterocycles. The standard InChI is InChI=1S/C15H22N2O2S/c1-10(2)20-9-13(16)15(19)17-11(3)14(18)12-7-5-4-6-8-12/h4-11,14,18H,16H2,1-3H3,(H,17,19)/b13-9-/t11-,14?/m1/s1. The summed E-state index contributed by atoms with van der Waals surface area (Å²) in [7, 11) is 0. The van der Waals surface area contributed by atoms with Crippen LogP contribution < -0.4 is 11.1 Å². The van der Waals surface area contributed by atoms with Crippen molar-refractivity contribution in [1.82, 2.24) is 5.32 Å². The highest BCUT2D eigenvalue weighted by Gasteiger charge is 2.19. The van der Waals surface area contributed by atoms with Gasteiger partial charge in [0.1, 0.15) is 5.70 Å². The summed E-state index contributed by atoms with van der Waals surface area (Å²) < 4.78 is 0. The second kappa shape index (κ2) is 7.97. The maximum atomic E-state index is 11.9. The Morgan fingerprint density at radius 1 is 1.30 bits per heavy atom. The van der Waals surface area contributed by atoms with Crippen molar-refractivity contribution in [2.24, 2.45) is 5.73 Å². The highest BCUT2D eigenvalue weighted by Crippen LogP contribution is 2.16. The van der Waals surface area contributed by atoms with Gasteiger partial charge in [-0.3, -0.25) is 4.79 Å². The molecule has 20 heavy (non-hydrogen) atoms. The molecule has 1 aromatic carbocycles. The van der Waals surface area contributed by atoms with Crippen LogP contribution in [0.25, 0.3) is 0 Å². The summed E-state index contributed by atoms with van der Waals surface area (Å²) in [5.41, 5.74) is 6.63. The van der Waals surface area contributed by atoms with Crippen LogP contribution in [0.4, 0.5) is 0 Å². The van der Waals surface area contributed by atoms with Gasteiger partial charge in [-0.2, -0.15) is 0 Å². The number of rotatable bonds is 6. The number of aliphatic hydroxyl groups excluding tert-OH is 1. The average Bonchev–Trinajstić information content (AvgIpc) is 2.44. The zero-order chi connectivity index (χ0) is 15.1. The van der Waals surface area contributed by atoms with Crippen LogP contribution >= 0.6 is 11.8 Å². The second-order valence-corrected chi connectivity index (χ2v) is 6.33. The Balaban J connectivity index is 2.59. The quantitative estimate of drug-likeness (QED) is 0.703. The van der Waals surface area contributed by atoms with E-state index in [0.29, 0.717) is 5.25 Å². The second-order valence-electron chi connectivity index (χ2n) is 4.88. The highest BCUT2D eigenvalue weighted by atomic mass is 32.2. The molecule has 1 aromatic rings. The van der Waals surface area contributed by atoms with Crippen LogP contribution in [0.3, 0.4) is 0 Å². The smallest absolute Gasteiger partial charge is 0.267 e. The Morgan fingerprint density at radius 2 is 1.90 bits per heavy atom. The molecule has 0 saturated carbocycles. The Hall–Kier alpha value is -1.46. The zero-order valence-corrected chi connectivity index (χ0v) is 12.9. The van der Waals surface area contributed by atoms with Crippen LogP contribution in [-0.4, -0.2) is 22.3 Å². The Bertz CT molecular complexity index is 460. The molecule has 0 aromatic heterocycles. The number of nitrogens with one attached hydrogen (secondary N) is 1. The van der Waals surface area contributed by atoms with Crippen LogP contribution in [0, 0.1) is 0 Å². The van der Waals surface area contributed by atoms with E-state index in [2.05, 4.69) is 5.32 Å². The topological polar surface area (TPSA) is 75.4 Å². The molecule has 1 rings (SSSR count). The highest BCUT2D eigenvalue weighted by molar-refractivity contribution is 8.02. The maximum absolute atomic E-state index is 11.9. The van der Waals surface area contributed by atoms with Gasteiger partial charge in [0.25, 0.3) is 5.91 Å². The van der Waals surface area contributed by atoms with Crippen LogP contribution in [0.1, 0.15) is 32.4 Å². The van der Waals surface area contributed by atoms with E-state index in [0.717, 1.165) is 5.56 Å². The summed E-state index contributed by atoms with van der Waals surface area (Å²) in [6.07, 6.45) is -0.759. The molecule has 1 unspecified atom stereocenters. The zero-order valence-electron chi connectivity index (χ0n) is 12.0. The van der Waals surface area contributed by atoms with E-state index in [1.165, 1.54) is 11.8 Å². The molecular formula is C15H22N2O2S. The largest absolute Gasteiger partial charge is 0.394 e. The monoisotopic (exact) mass is 294 g/mol. The number of benzene rings is 1. The van der Waals surface area contributed by atoms with Gasteiger partial charge in [-0.1, -0.05) is 44.2 Å². The minimum atomic E-state index is -0.759. The Morgan fingerprint density at radius 3 is 2.45 bits per heavy atom. The lowest BCUT2D eigenvalue weighted by Gasteiger charge is -2.20. The average molecular weight is 294 g/mol. The van der Waals surface area contributed by atoms with Crippen molar-refractivity contribution in [3.8, 4) is 0 Å². The molecule has 0 radical (unpaired) electrons. The summed E-state index contributed by atoms with van der Waals surface area (Å²) >= 11 is 1.49. The van der Waals surface area contributed by atoms with Crippen LogP contribution in [-0.2, 0) is 4.79 Å². The van der Waals surface area contributed by atoms with Gasteiger partial charge in [-0.05, 0) is 17.9 Å². The van der Waals surface area contributed by atoms with Crippen molar-refractivity contribution in [1.29, 1.82) is 0 Å². The van der Waals surface area contributed by atoms with Crippen molar-refractivity contribution < 1.29 is 9.90 Å². The first kappa shape index (κ1) is 16.6. The molecule has 5 heteroatoms. The molecule has 0 aliphatic rings. The first-order valence-electron chi connectivity index (χ1n) is 6.56.